The summed E-state index contributed by atoms with van der Waals surface area (Å²) in [7, 11) is 0. The van der Waals surface area contributed by atoms with Crippen LogP contribution in [0, 0.1) is 12.3 Å². The Morgan fingerprint density at radius 2 is 1.20 bits per heavy atom. The summed E-state index contributed by atoms with van der Waals surface area (Å²) >= 11 is 0. The van der Waals surface area contributed by atoms with Gasteiger partial charge >= 0.3 is 0 Å². The van der Waals surface area contributed by atoms with E-state index in [-0.39, 0.29) is 0 Å². The average molecular weight is 770 g/mol. The maximum atomic E-state index is 5.90. The van der Waals surface area contributed by atoms with Gasteiger partial charge in [0.2, 0.25) is 0 Å². The van der Waals surface area contributed by atoms with Crippen LogP contribution in [0.15, 0.2) is 217 Å². The summed E-state index contributed by atoms with van der Waals surface area (Å²) in [5, 5.41) is 7.97. The van der Waals surface area contributed by atoms with Crippen LogP contribution >= 0.6 is 0 Å². The van der Waals surface area contributed by atoms with Crippen LogP contribution in [-0.2, 0) is 19.5 Å². The van der Waals surface area contributed by atoms with Crippen molar-refractivity contribution in [2.45, 2.75) is 26.4 Å². The minimum Gasteiger partial charge on any atom is -0.326 e. The van der Waals surface area contributed by atoms with E-state index in [9.17, 15) is 0 Å². The normalized spacial score (nSPS) is 12.8. The number of hydrogen-bond donors (Lipinski definition) is 2. The third kappa shape index (κ3) is 9.98. The van der Waals surface area contributed by atoms with Crippen LogP contribution in [0.3, 0.4) is 0 Å². The number of aliphatic imine (C=N–C) groups is 1. The largest absolute Gasteiger partial charge is 0.326 e. The number of nitrogens with two attached hydrogens (primary N) is 1. The molecule has 0 radical (unpaired) electrons. The molecule has 8 aromatic rings. The van der Waals surface area contributed by atoms with Crippen molar-refractivity contribution in [3.8, 4) is 16.8 Å². The Morgan fingerprint density at radius 1 is 0.610 bits per heavy atom. The number of nitrogens with one attached hydrogen (secondary N) is 1. The van der Waals surface area contributed by atoms with Gasteiger partial charge in [0.05, 0.1) is 23.3 Å². The van der Waals surface area contributed by atoms with Crippen molar-refractivity contribution in [1.29, 1.82) is 5.41 Å². The van der Waals surface area contributed by atoms with Gasteiger partial charge in [0, 0.05) is 34.4 Å². The van der Waals surface area contributed by atoms with Gasteiger partial charge < -0.3 is 20.6 Å². The Hall–Kier alpha value is -7.34. The first kappa shape index (κ1) is 41.3. The molecule has 2 heterocycles. The maximum Gasteiger partial charge on any atom is 0.0785 e. The van der Waals surface area contributed by atoms with E-state index in [1.165, 1.54) is 49.6 Å². The molecule has 0 saturated carbocycles. The quantitative estimate of drug-likeness (QED) is 0.165. The van der Waals surface area contributed by atoms with Crippen LogP contribution in [0.2, 0.25) is 0 Å². The van der Waals surface area contributed by atoms with Crippen molar-refractivity contribution in [1.82, 2.24) is 4.57 Å². The van der Waals surface area contributed by atoms with Gasteiger partial charge in [-0.3, -0.25) is 4.99 Å². The van der Waals surface area contributed by atoms with E-state index in [1.54, 1.807) is 0 Å². The number of benzene rings is 7. The Bertz CT molecular complexity index is 2640. The lowest BCUT2D eigenvalue weighted by molar-refractivity contribution is 1.07. The topological polar surface area (TPSA) is 70.4 Å². The summed E-state index contributed by atoms with van der Waals surface area (Å²) in [5.74, 6) is 0. The first-order valence-electron chi connectivity index (χ1n) is 19.7. The molecule has 292 valence electrons. The van der Waals surface area contributed by atoms with Gasteiger partial charge in [-0.25, -0.2) is 0 Å². The molecular weight excluding hydrogens is 719 g/mol. The van der Waals surface area contributed by atoms with Crippen molar-refractivity contribution in [3.63, 3.8) is 0 Å². The van der Waals surface area contributed by atoms with Crippen LogP contribution in [0.25, 0.3) is 38.6 Å². The molecular formula is C54H51N5. The van der Waals surface area contributed by atoms with Gasteiger partial charge in [-0.05, 0) is 91.0 Å². The number of nitrogens with zero attached hydrogens (tertiary/aromatic N) is 3. The highest BCUT2D eigenvalue weighted by Crippen LogP contribution is 2.44. The number of fused-ring (bicyclic) bond motifs is 5. The highest BCUT2D eigenvalue weighted by Gasteiger charge is 2.24. The van der Waals surface area contributed by atoms with E-state index in [0.717, 1.165) is 34.7 Å². The van der Waals surface area contributed by atoms with Gasteiger partial charge in [0.15, 0.2) is 0 Å². The zero-order valence-corrected chi connectivity index (χ0v) is 33.7. The Labute approximate surface area is 349 Å². The van der Waals surface area contributed by atoms with E-state index in [2.05, 4.69) is 217 Å². The van der Waals surface area contributed by atoms with Gasteiger partial charge in [-0.1, -0.05) is 176 Å². The molecule has 0 spiro atoms. The minimum absolute atomic E-state index is 0.522. The second kappa shape index (κ2) is 20.7. The van der Waals surface area contributed by atoms with Crippen LogP contribution < -0.4 is 10.6 Å². The Morgan fingerprint density at radius 3 is 1.83 bits per heavy atom. The molecule has 5 heteroatoms. The maximum absolute atomic E-state index is 5.90. The molecule has 1 aromatic heterocycles. The van der Waals surface area contributed by atoms with E-state index < -0.39 is 0 Å². The highest BCUT2D eigenvalue weighted by atomic mass is 15.2. The van der Waals surface area contributed by atoms with E-state index in [1.807, 2.05) is 24.3 Å². The second-order valence-electron chi connectivity index (χ2n) is 13.9. The number of para-hydroxylation sites is 2. The predicted octanol–water partition coefficient (Wildman–Crippen LogP) is 13.4. The van der Waals surface area contributed by atoms with Gasteiger partial charge in [-0.2, -0.15) is 0 Å². The zero-order chi connectivity index (χ0) is 41.4. The summed E-state index contributed by atoms with van der Waals surface area (Å²) < 4.78 is 2.39. The fraction of sp³-hybridized carbons (Fsp3) is 0.0741. The van der Waals surface area contributed by atoms with Crippen molar-refractivity contribution < 1.29 is 0 Å². The molecule has 3 N–H and O–H groups in total. The number of aromatic nitrogens is 1. The monoisotopic (exact) mass is 769 g/mol. The lowest BCUT2D eigenvalue weighted by Crippen LogP contribution is -2.17. The second-order valence-corrected chi connectivity index (χ2v) is 13.9. The van der Waals surface area contributed by atoms with Crippen LogP contribution in [-0.4, -0.2) is 18.0 Å². The lowest BCUT2D eigenvalue weighted by atomic mass is 10.0. The van der Waals surface area contributed by atoms with Gasteiger partial charge in [-0.15, -0.1) is 0 Å². The molecule has 5 nitrogen and oxygen atoms in total. The van der Waals surface area contributed by atoms with Crippen molar-refractivity contribution in [2.24, 2.45) is 10.7 Å². The fourth-order valence-corrected chi connectivity index (χ4v) is 7.17. The molecule has 0 unspecified atom stereocenters. The fourth-order valence-electron chi connectivity index (χ4n) is 7.17. The molecule has 7 aromatic carbocycles. The summed E-state index contributed by atoms with van der Waals surface area (Å²) in [5.41, 5.74) is 19.9. The van der Waals surface area contributed by atoms with Crippen molar-refractivity contribution in [2.75, 3.05) is 4.90 Å². The van der Waals surface area contributed by atoms with Crippen LogP contribution in [0.4, 0.5) is 11.4 Å². The van der Waals surface area contributed by atoms with Crippen LogP contribution in [0.1, 0.15) is 22.3 Å². The van der Waals surface area contributed by atoms with E-state index in [0.29, 0.717) is 13.1 Å². The molecule has 0 bridgehead atoms. The van der Waals surface area contributed by atoms with E-state index in [4.69, 9.17) is 11.1 Å². The standard InChI is InChI=1S/C32H27N3.C14H13N.C7H8.CH3N/c1-23-10-4-2-5-11-25-18-21-29-28-14-8-9-15-30(28)35(26-12-6-3-7-13-26)32(29)31(25)34(23)27-19-16-24(22-33)17-20-27;1-15-11-12-7-9-14(10-8-12)13-5-3-2-4-6-13;1-7-5-3-2-4-6-7;1-2/h2-10,12-21H,1,11,22,33H2;2-10H,1,11H2;2-6H,1H3;2H,1H2/b5-2-,10-4-;;;. The molecule has 1 aliphatic rings. The average Bonchev–Trinajstić information content (AvgIpc) is 3.67. The first-order valence-corrected chi connectivity index (χ1v) is 19.7. The smallest absolute Gasteiger partial charge is 0.0785 e. The summed E-state index contributed by atoms with van der Waals surface area (Å²) in [6, 6.07) is 61.3. The summed E-state index contributed by atoms with van der Waals surface area (Å²) in [6.45, 7) is 13.8. The summed E-state index contributed by atoms with van der Waals surface area (Å²) in [6.07, 6.45) is 9.30. The molecule has 1 aliphatic heterocycles. The molecule has 0 amide bonds. The number of allylic oxidation sites excluding steroid dienone is 4. The van der Waals surface area contributed by atoms with Gasteiger partial charge in [0.25, 0.3) is 0 Å². The number of aryl methyl sites for hydroxylation is 1. The molecule has 0 saturated heterocycles. The lowest BCUT2D eigenvalue weighted by Gasteiger charge is -2.29. The molecule has 59 heavy (non-hydrogen) atoms. The van der Waals surface area contributed by atoms with Crippen molar-refractivity contribution >= 4 is 46.6 Å². The first-order chi connectivity index (χ1) is 29.1. The third-order valence-corrected chi connectivity index (χ3v) is 10.0. The Balaban J connectivity index is 0.000000200. The Kier molecular flexibility index (Phi) is 14.5. The third-order valence-electron chi connectivity index (χ3n) is 10.0. The summed E-state index contributed by atoms with van der Waals surface area (Å²) in [4.78, 5) is 6.15. The highest BCUT2D eigenvalue weighted by molar-refractivity contribution is 6.14. The zero-order valence-electron chi connectivity index (χ0n) is 33.7. The number of rotatable bonds is 6. The van der Waals surface area contributed by atoms with Crippen LogP contribution in [0.5, 0.6) is 0 Å². The number of anilines is 2. The molecule has 0 fully saturated rings. The van der Waals surface area contributed by atoms with E-state index >= 15 is 0 Å². The minimum atomic E-state index is 0.522. The number of hydrogen-bond acceptors (Lipinski definition) is 4. The molecule has 0 aliphatic carbocycles. The van der Waals surface area contributed by atoms with Crippen molar-refractivity contribution in [3.05, 3.63) is 235 Å². The predicted molar refractivity (Wildman–Crippen MR) is 255 cm³/mol. The molecule has 9 rings (SSSR count). The SMILES string of the molecule is C=C1/C=C\C=C/Cc2ccc3c4ccccc4n(-c4ccccc4)c3c2N1c1ccc(CN)cc1.C=N.C=NCc1ccc(-c2ccccc2)cc1.Cc1ccccc1. The molecule has 0 atom stereocenters. The van der Waals surface area contributed by atoms with Gasteiger partial charge in [0.1, 0.15) is 0 Å².